The quantitative estimate of drug-likeness (QED) is 0.919. The van der Waals surface area contributed by atoms with Crippen molar-refractivity contribution in [2.75, 3.05) is 13.2 Å². The van der Waals surface area contributed by atoms with Crippen LogP contribution in [0.5, 0.6) is 0 Å². The Morgan fingerprint density at radius 2 is 1.89 bits per heavy atom. The third kappa shape index (κ3) is 2.91. The molecule has 1 aromatic heterocycles. The first-order valence-electron chi connectivity index (χ1n) is 6.79. The monoisotopic (exact) mass is 258 g/mol. The van der Waals surface area contributed by atoms with Crippen molar-refractivity contribution in [3.63, 3.8) is 0 Å². The van der Waals surface area contributed by atoms with E-state index in [4.69, 9.17) is 4.74 Å². The molecular formula is C15H18N2O2. The molecule has 4 nitrogen and oxygen atoms in total. The molecule has 100 valence electrons. The van der Waals surface area contributed by atoms with Gasteiger partial charge in [0.15, 0.2) is 0 Å². The molecule has 0 amide bonds. The molecule has 1 atom stereocenters. The summed E-state index contributed by atoms with van der Waals surface area (Å²) in [6.07, 6.45) is 5.83. The van der Waals surface area contributed by atoms with Crippen molar-refractivity contribution in [3.05, 3.63) is 36.2 Å². The van der Waals surface area contributed by atoms with E-state index >= 15 is 0 Å². The zero-order valence-electron chi connectivity index (χ0n) is 10.8. The number of fused-ring (bicyclic) bond motifs is 1. The van der Waals surface area contributed by atoms with Crippen LogP contribution in [0.1, 0.15) is 30.9 Å². The van der Waals surface area contributed by atoms with Gasteiger partial charge in [-0.25, -0.2) is 0 Å². The Labute approximate surface area is 112 Å². The minimum absolute atomic E-state index is 0.422. The lowest BCUT2D eigenvalue weighted by molar-refractivity contribution is 0.0435. The van der Waals surface area contributed by atoms with Gasteiger partial charge < -0.3 is 9.84 Å². The van der Waals surface area contributed by atoms with Crippen LogP contribution in [-0.2, 0) is 4.74 Å². The van der Waals surface area contributed by atoms with Crippen LogP contribution in [0.15, 0.2) is 30.6 Å². The molecule has 1 aromatic carbocycles. The van der Waals surface area contributed by atoms with Crippen molar-refractivity contribution in [3.8, 4) is 0 Å². The Morgan fingerprint density at radius 3 is 2.68 bits per heavy atom. The van der Waals surface area contributed by atoms with Gasteiger partial charge in [-0.1, -0.05) is 6.07 Å². The van der Waals surface area contributed by atoms with Crippen LogP contribution in [0.2, 0.25) is 0 Å². The molecule has 1 aliphatic heterocycles. The maximum Gasteiger partial charge on any atom is 0.0890 e. The molecule has 0 bridgehead atoms. The Kier molecular flexibility index (Phi) is 3.71. The standard InChI is InChI=1S/C15H18N2O2/c18-15(9-11-3-7-19-8-4-11)12-1-2-13-14(10-12)17-6-5-16-13/h1-2,5-6,10-11,15,18H,3-4,7-9H2. The van der Waals surface area contributed by atoms with E-state index in [9.17, 15) is 5.11 Å². The second-order valence-corrected chi connectivity index (χ2v) is 5.11. The van der Waals surface area contributed by atoms with Gasteiger partial charge in [0.1, 0.15) is 0 Å². The van der Waals surface area contributed by atoms with E-state index in [1.54, 1.807) is 12.4 Å². The Bertz CT molecular complexity index is 553. The molecule has 3 rings (SSSR count). The van der Waals surface area contributed by atoms with E-state index in [-0.39, 0.29) is 0 Å². The minimum atomic E-state index is -0.422. The molecule has 2 heterocycles. The summed E-state index contributed by atoms with van der Waals surface area (Å²) in [5.74, 6) is 0.557. The highest BCUT2D eigenvalue weighted by Crippen LogP contribution is 2.28. The number of aliphatic hydroxyl groups excluding tert-OH is 1. The maximum atomic E-state index is 10.3. The summed E-state index contributed by atoms with van der Waals surface area (Å²) in [6.45, 7) is 1.64. The topological polar surface area (TPSA) is 55.2 Å². The normalized spacial score (nSPS) is 18.6. The lowest BCUT2D eigenvalue weighted by atomic mass is 9.91. The van der Waals surface area contributed by atoms with Crippen LogP contribution in [0.25, 0.3) is 11.0 Å². The van der Waals surface area contributed by atoms with E-state index < -0.39 is 6.10 Å². The molecule has 1 saturated heterocycles. The van der Waals surface area contributed by atoms with Gasteiger partial charge in [0.2, 0.25) is 0 Å². The highest BCUT2D eigenvalue weighted by molar-refractivity contribution is 5.74. The van der Waals surface area contributed by atoms with Crippen LogP contribution < -0.4 is 0 Å². The number of nitrogens with zero attached hydrogens (tertiary/aromatic N) is 2. The molecule has 0 aliphatic carbocycles. The fourth-order valence-electron chi connectivity index (χ4n) is 2.62. The molecule has 0 radical (unpaired) electrons. The van der Waals surface area contributed by atoms with Gasteiger partial charge in [-0.15, -0.1) is 0 Å². The average molecular weight is 258 g/mol. The number of rotatable bonds is 3. The smallest absolute Gasteiger partial charge is 0.0890 e. The fourth-order valence-corrected chi connectivity index (χ4v) is 2.62. The number of aliphatic hydroxyl groups is 1. The van der Waals surface area contributed by atoms with Gasteiger partial charge in [-0.2, -0.15) is 0 Å². The zero-order chi connectivity index (χ0) is 13.1. The molecule has 0 spiro atoms. The lowest BCUT2D eigenvalue weighted by Gasteiger charge is -2.24. The van der Waals surface area contributed by atoms with Crippen molar-refractivity contribution in [1.29, 1.82) is 0 Å². The average Bonchev–Trinajstić information content (AvgIpc) is 2.48. The van der Waals surface area contributed by atoms with Crippen molar-refractivity contribution in [2.24, 2.45) is 5.92 Å². The summed E-state index contributed by atoms with van der Waals surface area (Å²) >= 11 is 0. The first-order chi connectivity index (χ1) is 9.33. The van der Waals surface area contributed by atoms with Gasteiger partial charge in [0.25, 0.3) is 0 Å². The molecule has 1 unspecified atom stereocenters. The summed E-state index contributed by atoms with van der Waals surface area (Å²) in [4.78, 5) is 8.51. The first kappa shape index (κ1) is 12.5. The Hall–Kier alpha value is -1.52. The van der Waals surface area contributed by atoms with Gasteiger partial charge in [0.05, 0.1) is 17.1 Å². The summed E-state index contributed by atoms with van der Waals surface area (Å²) in [6, 6.07) is 5.80. The van der Waals surface area contributed by atoms with Gasteiger partial charge >= 0.3 is 0 Å². The van der Waals surface area contributed by atoms with E-state index in [1.165, 1.54) is 0 Å². The molecule has 1 fully saturated rings. The number of aromatic nitrogens is 2. The number of benzene rings is 1. The predicted octanol–water partition coefficient (Wildman–Crippen LogP) is 2.48. The van der Waals surface area contributed by atoms with Crippen LogP contribution in [0.3, 0.4) is 0 Å². The third-order valence-corrected chi connectivity index (χ3v) is 3.78. The molecule has 2 aromatic rings. The first-order valence-corrected chi connectivity index (χ1v) is 6.79. The van der Waals surface area contributed by atoms with Gasteiger partial charge in [0, 0.05) is 25.6 Å². The molecule has 0 saturated carbocycles. The Morgan fingerprint density at radius 1 is 1.16 bits per heavy atom. The summed E-state index contributed by atoms with van der Waals surface area (Å²) in [5.41, 5.74) is 2.63. The zero-order valence-corrected chi connectivity index (χ0v) is 10.8. The highest BCUT2D eigenvalue weighted by Gasteiger charge is 2.19. The fraction of sp³-hybridized carbons (Fsp3) is 0.467. The van der Waals surface area contributed by atoms with Gasteiger partial charge in [-0.05, 0) is 42.9 Å². The minimum Gasteiger partial charge on any atom is -0.388 e. The van der Waals surface area contributed by atoms with E-state index in [0.29, 0.717) is 5.92 Å². The van der Waals surface area contributed by atoms with Crippen LogP contribution >= 0.6 is 0 Å². The second kappa shape index (κ2) is 5.63. The van der Waals surface area contributed by atoms with Crippen molar-refractivity contribution < 1.29 is 9.84 Å². The number of ether oxygens (including phenoxy) is 1. The number of hydrogen-bond donors (Lipinski definition) is 1. The second-order valence-electron chi connectivity index (χ2n) is 5.11. The Balaban J connectivity index is 1.75. The van der Waals surface area contributed by atoms with Crippen molar-refractivity contribution in [1.82, 2.24) is 9.97 Å². The molecule has 4 heteroatoms. The van der Waals surface area contributed by atoms with E-state index in [2.05, 4.69) is 9.97 Å². The molecule has 1 aliphatic rings. The van der Waals surface area contributed by atoms with E-state index in [1.807, 2.05) is 18.2 Å². The lowest BCUT2D eigenvalue weighted by Crippen LogP contribution is -2.18. The van der Waals surface area contributed by atoms with Crippen LogP contribution in [-0.4, -0.2) is 28.3 Å². The van der Waals surface area contributed by atoms with Crippen molar-refractivity contribution >= 4 is 11.0 Å². The van der Waals surface area contributed by atoms with E-state index in [0.717, 1.165) is 49.1 Å². The highest BCUT2D eigenvalue weighted by atomic mass is 16.5. The summed E-state index contributed by atoms with van der Waals surface area (Å²) in [7, 11) is 0. The SMILES string of the molecule is OC(CC1CCOCC1)c1ccc2nccnc2c1. The van der Waals surface area contributed by atoms with Crippen LogP contribution in [0, 0.1) is 5.92 Å². The largest absolute Gasteiger partial charge is 0.388 e. The van der Waals surface area contributed by atoms with Crippen molar-refractivity contribution in [2.45, 2.75) is 25.4 Å². The molecule has 1 N–H and O–H groups in total. The predicted molar refractivity (Wildman–Crippen MR) is 72.7 cm³/mol. The molecule has 19 heavy (non-hydrogen) atoms. The number of hydrogen-bond acceptors (Lipinski definition) is 4. The maximum absolute atomic E-state index is 10.3. The van der Waals surface area contributed by atoms with Crippen LogP contribution in [0.4, 0.5) is 0 Å². The summed E-state index contributed by atoms with van der Waals surface area (Å²) < 4.78 is 5.34. The summed E-state index contributed by atoms with van der Waals surface area (Å²) in [5, 5.41) is 10.3. The third-order valence-electron chi connectivity index (χ3n) is 3.78. The molecular weight excluding hydrogens is 240 g/mol. The van der Waals surface area contributed by atoms with Gasteiger partial charge in [-0.3, -0.25) is 9.97 Å².